The first kappa shape index (κ1) is 19.9. The van der Waals surface area contributed by atoms with Gasteiger partial charge in [0.25, 0.3) is 0 Å². The molecule has 3 heteroatoms. The zero-order valence-electron chi connectivity index (χ0n) is 14.6. The summed E-state index contributed by atoms with van der Waals surface area (Å²) in [7, 11) is 0. The highest BCUT2D eigenvalue weighted by Crippen LogP contribution is 2.12. The van der Waals surface area contributed by atoms with Gasteiger partial charge in [0.2, 0.25) is 0 Å². The molecule has 0 bridgehead atoms. The summed E-state index contributed by atoms with van der Waals surface area (Å²) >= 11 is 0. The zero-order chi connectivity index (χ0) is 15.2. The number of nitrogens with zero attached hydrogens (tertiary/aromatic N) is 1. The van der Waals surface area contributed by atoms with Crippen molar-refractivity contribution in [2.24, 2.45) is 0 Å². The highest BCUT2D eigenvalue weighted by molar-refractivity contribution is 4.71. The Morgan fingerprint density at radius 3 is 2.65 bits per heavy atom. The maximum atomic E-state index is 5.84. The number of hydrogen-bond acceptors (Lipinski definition) is 3. The second-order valence-electron chi connectivity index (χ2n) is 5.75. The molecule has 1 aliphatic rings. The van der Waals surface area contributed by atoms with E-state index in [1.54, 1.807) is 0 Å². The molecular formula is C17H40N2O. The number of nitrogens with one attached hydrogen (secondary N) is 1. The van der Waals surface area contributed by atoms with E-state index >= 15 is 0 Å². The quantitative estimate of drug-likeness (QED) is 0.651. The van der Waals surface area contributed by atoms with Crippen molar-refractivity contribution >= 4 is 0 Å². The molecule has 0 amide bonds. The van der Waals surface area contributed by atoms with Gasteiger partial charge in [-0.05, 0) is 32.4 Å². The van der Waals surface area contributed by atoms with Gasteiger partial charge in [0.1, 0.15) is 0 Å². The Kier molecular flexibility index (Phi) is 13.8. The third-order valence-electron chi connectivity index (χ3n) is 3.52. The summed E-state index contributed by atoms with van der Waals surface area (Å²) in [5.74, 6) is 0. The lowest BCUT2D eigenvalue weighted by Gasteiger charge is -2.32. The molecule has 0 aromatic heterocycles. The van der Waals surface area contributed by atoms with Crippen molar-refractivity contribution in [1.82, 2.24) is 10.2 Å². The van der Waals surface area contributed by atoms with Crippen LogP contribution in [-0.4, -0.2) is 49.8 Å². The Morgan fingerprint density at radius 1 is 1.25 bits per heavy atom. The van der Waals surface area contributed by atoms with E-state index < -0.39 is 0 Å². The summed E-state index contributed by atoms with van der Waals surface area (Å²) < 4.78 is 5.84. The first-order valence-electron chi connectivity index (χ1n) is 8.79. The fraction of sp³-hybridized carbons (Fsp3) is 1.00. The van der Waals surface area contributed by atoms with Crippen molar-refractivity contribution in [3.05, 3.63) is 0 Å². The Balaban J connectivity index is 0. The van der Waals surface area contributed by atoms with Gasteiger partial charge in [0.05, 0.1) is 12.7 Å². The molecule has 124 valence electrons. The van der Waals surface area contributed by atoms with E-state index in [4.69, 9.17) is 4.74 Å². The lowest BCUT2D eigenvalue weighted by atomic mass is 10.1. The average molecular weight is 289 g/mol. The van der Waals surface area contributed by atoms with Gasteiger partial charge in [-0.2, -0.15) is 0 Å². The minimum absolute atomic E-state index is 0. The van der Waals surface area contributed by atoms with Crippen LogP contribution in [0.2, 0.25) is 0 Å². The fourth-order valence-corrected chi connectivity index (χ4v) is 2.54. The van der Waals surface area contributed by atoms with Crippen LogP contribution in [0.15, 0.2) is 0 Å². The predicted octanol–water partition coefficient (Wildman–Crippen LogP) is 3.93. The van der Waals surface area contributed by atoms with Crippen LogP contribution in [0.3, 0.4) is 0 Å². The summed E-state index contributed by atoms with van der Waals surface area (Å²) in [5, 5.41) is 3.47. The predicted molar refractivity (Wildman–Crippen MR) is 91.5 cm³/mol. The van der Waals surface area contributed by atoms with Crippen molar-refractivity contribution in [2.45, 2.75) is 78.9 Å². The molecule has 0 aromatic carbocycles. The van der Waals surface area contributed by atoms with E-state index in [-0.39, 0.29) is 1.43 Å². The lowest BCUT2D eigenvalue weighted by Crippen LogP contribution is -2.42. The molecule has 1 heterocycles. The molecular weight excluding hydrogens is 248 g/mol. The van der Waals surface area contributed by atoms with E-state index in [0.29, 0.717) is 12.1 Å². The maximum Gasteiger partial charge on any atom is 0.0702 e. The first-order chi connectivity index (χ1) is 9.72. The van der Waals surface area contributed by atoms with Gasteiger partial charge in [-0.1, -0.05) is 47.5 Å². The summed E-state index contributed by atoms with van der Waals surface area (Å²) in [5.41, 5.74) is 0. The van der Waals surface area contributed by atoms with Gasteiger partial charge in [0.15, 0.2) is 0 Å². The molecule has 3 nitrogen and oxygen atoms in total. The van der Waals surface area contributed by atoms with Crippen LogP contribution in [-0.2, 0) is 4.74 Å². The van der Waals surface area contributed by atoms with Gasteiger partial charge < -0.3 is 10.1 Å². The molecule has 0 unspecified atom stereocenters. The van der Waals surface area contributed by atoms with E-state index in [1.165, 1.54) is 38.6 Å². The summed E-state index contributed by atoms with van der Waals surface area (Å²) in [6.45, 7) is 16.3. The molecule has 1 saturated heterocycles. The van der Waals surface area contributed by atoms with E-state index in [9.17, 15) is 0 Å². The average Bonchev–Trinajstić information content (AvgIpc) is 2.45. The molecule has 0 spiro atoms. The van der Waals surface area contributed by atoms with Crippen molar-refractivity contribution in [3.8, 4) is 0 Å². The third-order valence-corrected chi connectivity index (χ3v) is 3.52. The zero-order valence-corrected chi connectivity index (χ0v) is 14.6. The SMILES string of the molecule is CC.CCCN1CCO[C@H](CCCCCNC(C)C)C1.[HH]. The molecule has 1 fully saturated rings. The summed E-state index contributed by atoms with van der Waals surface area (Å²) in [6.07, 6.45) is 6.92. The van der Waals surface area contributed by atoms with E-state index in [2.05, 4.69) is 31.0 Å². The summed E-state index contributed by atoms with van der Waals surface area (Å²) in [6, 6.07) is 0.620. The number of rotatable bonds is 9. The molecule has 1 N–H and O–H groups in total. The Morgan fingerprint density at radius 2 is 2.00 bits per heavy atom. The first-order valence-corrected chi connectivity index (χ1v) is 8.79. The van der Waals surface area contributed by atoms with Crippen molar-refractivity contribution in [3.63, 3.8) is 0 Å². The molecule has 0 saturated carbocycles. The highest BCUT2D eigenvalue weighted by atomic mass is 16.5. The molecule has 0 aromatic rings. The Hall–Kier alpha value is -0.120. The standard InChI is InChI=1S/C15H32N2O.C2H6.H2/c1-4-10-17-11-12-18-15(13-17)8-6-5-7-9-16-14(2)3;1-2;/h14-16H,4-13H2,1-3H3;1-2H3;1H/t15-;;/m1../s1. The topological polar surface area (TPSA) is 24.5 Å². The normalized spacial score (nSPS) is 19.8. The Labute approximate surface area is 128 Å². The molecule has 0 aliphatic carbocycles. The molecule has 0 radical (unpaired) electrons. The van der Waals surface area contributed by atoms with Crippen LogP contribution in [0.25, 0.3) is 0 Å². The highest BCUT2D eigenvalue weighted by Gasteiger charge is 2.18. The van der Waals surface area contributed by atoms with E-state index in [0.717, 1.165) is 26.2 Å². The van der Waals surface area contributed by atoms with Crippen molar-refractivity contribution < 1.29 is 6.16 Å². The monoisotopic (exact) mass is 288 g/mol. The minimum Gasteiger partial charge on any atom is -0.376 e. The fourth-order valence-electron chi connectivity index (χ4n) is 2.54. The smallest absolute Gasteiger partial charge is 0.0702 e. The third kappa shape index (κ3) is 10.6. The summed E-state index contributed by atoms with van der Waals surface area (Å²) in [4.78, 5) is 2.55. The van der Waals surface area contributed by atoms with Crippen molar-refractivity contribution in [2.75, 3.05) is 32.8 Å². The van der Waals surface area contributed by atoms with Gasteiger partial charge in [-0.3, -0.25) is 4.90 Å². The largest absolute Gasteiger partial charge is 0.376 e. The van der Waals surface area contributed by atoms with Crippen LogP contribution in [0.5, 0.6) is 0 Å². The van der Waals surface area contributed by atoms with Crippen LogP contribution >= 0.6 is 0 Å². The van der Waals surface area contributed by atoms with Gasteiger partial charge in [0, 0.05) is 20.6 Å². The molecule has 1 atom stereocenters. The van der Waals surface area contributed by atoms with Crippen LogP contribution < -0.4 is 5.32 Å². The molecule has 1 aliphatic heterocycles. The van der Waals surface area contributed by atoms with Gasteiger partial charge in [-0.15, -0.1) is 0 Å². The van der Waals surface area contributed by atoms with E-state index in [1.807, 2.05) is 13.8 Å². The Bertz CT molecular complexity index is 201. The van der Waals surface area contributed by atoms with Crippen LogP contribution in [0, 0.1) is 0 Å². The van der Waals surface area contributed by atoms with Gasteiger partial charge >= 0.3 is 0 Å². The second-order valence-corrected chi connectivity index (χ2v) is 5.75. The lowest BCUT2D eigenvalue weighted by molar-refractivity contribution is -0.0328. The number of unbranched alkanes of at least 4 members (excludes halogenated alkanes) is 2. The van der Waals surface area contributed by atoms with Crippen LogP contribution in [0.1, 0.15) is 68.1 Å². The molecule has 20 heavy (non-hydrogen) atoms. The second kappa shape index (κ2) is 13.8. The minimum atomic E-state index is 0. The van der Waals surface area contributed by atoms with Crippen LogP contribution in [0.4, 0.5) is 0 Å². The molecule has 1 rings (SSSR count). The number of hydrogen-bond donors (Lipinski definition) is 1. The maximum absolute atomic E-state index is 5.84. The number of morpholine rings is 1. The van der Waals surface area contributed by atoms with Crippen molar-refractivity contribution in [1.29, 1.82) is 0 Å². The van der Waals surface area contributed by atoms with Gasteiger partial charge in [-0.25, -0.2) is 0 Å². The number of ether oxygens (including phenoxy) is 1.